The minimum absolute atomic E-state index is 0.0808. The van der Waals surface area contributed by atoms with Crippen molar-refractivity contribution < 1.29 is 9.90 Å². The van der Waals surface area contributed by atoms with Crippen LogP contribution in [0.5, 0.6) is 0 Å². The summed E-state index contributed by atoms with van der Waals surface area (Å²) in [5.74, 6) is -0.547. The number of carbonyl (C=O) groups is 1. The fourth-order valence-electron chi connectivity index (χ4n) is 4.24. The molecule has 5 rings (SSSR count). The maximum Gasteiger partial charge on any atom is 0.337 e. The zero-order chi connectivity index (χ0) is 25.1. The van der Waals surface area contributed by atoms with Gasteiger partial charge >= 0.3 is 11.7 Å². The standard InChI is InChI=1S/C26H23N7O3/c1-2-6-19-16-33(22-9-4-3-7-20(22)25(34)35)26(36)32(19)15-17-10-12-18(13-11-17)23-21(8-5-14-27-23)24-28-30-31-29-24/h3-5,7-14,16H,2,6,15H2,1H3,(H,34,35)(H,28,29,30,31). The molecule has 0 fully saturated rings. The Morgan fingerprint density at radius 2 is 1.86 bits per heavy atom. The van der Waals surface area contributed by atoms with Gasteiger partial charge in [0, 0.05) is 29.2 Å². The van der Waals surface area contributed by atoms with Gasteiger partial charge < -0.3 is 5.11 Å². The van der Waals surface area contributed by atoms with Crippen LogP contribution in [0.25, 0.3) is 28.3 Å². The number of aromatic carboxylic acids is 1. The maximum atomic E-state index is 13.4. The van der Waals surface area contributed by atoms with Gasteiger partial charge in [0.15, 0.2) is 5.82 Å². The number of para-hydroxylation sites is 1. The van der Waals surface area contributed by atoms with Gasteiger partial charge in [-0.1, -0.05) is 49.7 Å². The highest BCUT2D eigenvalue weighted by Gasteiger charge is 2.18. The highest BCUT2D eigenvalue weighted by molar-refractivity contribution is 5.91. The highest BCUT2D eigenvalue weighted by Crippen LogP contribution is 2.27. The van der Waals surface area contributed by atoms with Crippen molar-refractivity contribution >= 4 is 5.97 Å². The van der Waals surface area contributed by atoms with E-state index in [1.165, 1.54) is 10.6 Å². The Kier molecular flexibility index (Phi) is 6.23. The molecule has 0 saturated heterocycles. The van der Waals surface area contributed by atoms with Gasteiger partial charge in [0.05, 0.1) is 23.5 Å². The summed E-state index contributed by atoms with van der Waals surface area (Å²) in [5.41, 5.74) is 4.34. The average Bonchev–Trinajstić information content (AvgIpc) is 3.54. The minimum Gasteiger partial charge on any atom is -0.478 e. The SMILES string of the molecule is CCCc1cn(-c2ccccc2C(=O)O)c(=O)n1Cc1ccc(-c2ncccc2-c2nnn[nH]2)cc1. The predicted molar refractivity (Wildman–Crippen MR) is 133 cm³/mol. The van der Waals surface area contributed by atoms with Gasteiger partial charge in [-0.15, -0.1) is 5.10 Å². The predicted octanol–water partition coefficient (Wildman–Crippen LogP) is 3.58. The lowest BCUT2D eigenvalue weighted by Crippen LogP contribution is -2.25. The third-order valence-electron chi connectivity index (χ3n) is 5.94. The molecule has 36 heavy (non-hydrogen) atoms. The summed E-state index contributed by atoms with van der Waals surface area (Å²) in [5, 5.41) is 23.7. The Labute approximate surface area is 205 Å². The quantitative estimate of drug-likeness (QED) is 0.346. The number of carboxylic acids is 1. The normalized spacial score (nSPS) is 11.0. The van der Waals surface area contributed by atoms with Crippen molar-refractivity contribution in [3.05, 3.63) is 100 Å². The second-order valence-corrected chi connectivity index (χ2v) is 8.28. The number of rotatable bonds is 8. The van der Waals surface area contributed by atoms with Crippen LogP contribution in [0.4, 0.5) is 0 Å². The fraction of sp³-hybridized carbons (Fsp3) is 0.154. The minimum atomic E-state index is -1.08. The number of tetrazole rings is 1. The lowest BCUT2D eigenvalue weighted by atomic mass is 10.0. The second-order valence-electron chi connectivity index (χ2n) is 8.28. The monoisotopic (exact) mass is 481 g/mol. The van der Waals surface area contributed by atoms with Crippen molar-refractivity contribution in [3.8, 4) is 28.3 Å². The van der Waals surface area contributed by atoms with E-state index in [1.807, 2.05) is 43.3 Å². The summed E-state index contributed by atoms with van der Waals surface area (Å²) in [7, 11) is 0. The summed E-state index contributed by atoms with van der Waals surface area (Å²) >= 11 is 0. The Bertz CT molecular complexity index is 1570. The number of benzene rings is 2. The molecule has 3 aromatic heterocycles. The molecule has 0 aliphatic carbocycles. The van der Waals surface area contributed by atoms with Gasteiger partial charge in [-0.05, 0) is 46.7 Å². The molecule has 0 aliphatic heterocycles. The first-order valence-electron chi connectivity index (χ1n) is 11.5. The molecule has 0 radical (unpaired) electrons. The average molecular weight is 482 g/mol. The van der Waals surface area contributed by atoms with Crippen LogP contribution in [-0.4, -0.2) is 45.8 Å². The lowest BCUT2D eigenvalue weighted by molar-refractivity contribution is 0.0697. The molecule has 0 saturated carbocycles. The van der Waals surface area contributed by atoms with Crippen LogP contribution in [0, 0.1) is 0 Å². The topological polar surface area (TPSA) is 132 Å². The molecule has 180 valence electrons. The molecule has 0 spiro atoms. The maximum absolute atomic E-state index is 13.4. The zero-order valence-electron chi connectivity index (χ0n) is 19.5. The van der Waals surface area contributed by atoms with Crippen molar-refractivity contribution in [1.29, 1.82) is 0 Å². The fourth-order valence-corrected chi connectivity index (χ4v) is 4.24. The molecule has 0 unspecified atom stereocenters. The zero-order valence-corrected chi connectivity index (χ0v) is 19.5. The number of carboxylic acid groups (broad SMARTS) is 1. The van der Waals surface area contributed by atoms with E-state index in [-0.39, 0.29) is 11.3 Å². The van der Waals surface area contributed by atoms with E-state index < -0.39 is 5.97 Å². The highest BCUT2D eigenvalue weighted by atomic mass is 16.4. The van der Waals surface area contributed by atoms with E-state index in [0.29, 0.717) is 24.5 Å². The van der Waals surface area contributed by atoms with Crippen LogP contribution in [-0.2, 0) is 13.0 Å². The molecule has 0 atom stereocenters. The van der Waals surface area contributed by atoms with E-state index in [9.17, 15) is 14.7 Å². The van der Waals surface area contributed by atoms with Crippen molar-refractivity contribution in [3.63, 3.8) is 0 Å². The van der Waals surface area contributed by atoms with Gasteiger partial charge in [0.2, 0.25) is 0 Å². The third kappa shape index (κ3) is 4.31. The molecule has 0 amide bonds. The largest absolute Gasteiger partial charge is 0.478 e. The molecule has 10 nitrogen and oxygen atoms in total. The van der Waals surface area contributed by atoms with Gasteiger partial charge in [-0.2, -0.15) is 0 Å². The van der Waals surface area contributed by atoms with E-state index in [4.69, 9.17) is 0 Å². The van der Waals surface area contributed by atoms with Crippen LogP contribution < -0.4 is 5.69 Å². The van der Waals surface area contributed by atoms with Crippen LogP contribution in [0.1, 0.15) is 35.0 Å². The summed E-state index contributed by atoms with van der Waals surface area (Å²) in [6.07, 6.45) is 5.00. The Morgan fingerprint density at radius 1 is 1.06 bits per heavy atom. The van der Waals surface area contributed by atoms with Gasteiger partial charge in [-0.25, -0.2) is 14.7 Å². The van der Waals surface area contributed by atoms with Crippen molar-refractivity contribution in [2.75, 3.05) is 0 Å². The van der Waals surface area contributed by atoms with Gasteiger partial charge in [0.1, 0.15) is 0 Å². The van der Waals surface area contributed by atoms with Gasteiger partial charge in [-0.3, -0.25) is 14.1 Å². The van der Waals surface area contributed by atoms with Gasteiger partial charge in [0.25, 0.3) is 0 Å². The Hall–Kier alpha value is -4.86. The number of nitrogens with zero attached hydrogens (tertiary/aromatic N) is 6. The molecule has 5 aromatic rings. The summed E-state index contributed by atoms with van der Waals surface area (Å²) in [6.45, 7) is 2.40. The first kappa shape index (κ1) is 22.9. The molecule has 2 aromatic carbocycles. The number of hydrogen-bond donors (Lipinski definition) is 2. The van der Waals surface area contributed by atoms with Crippen LogP contribution in [0.15, 0.2) is 77.9 Å². The van der Waals surface area contributed by atoms with Crippen LogP contribution >= 0.6 is 0 Å². The van der Waals surface area contributed by atoms with Crippen molar-refractivity contribution in [2.24, 2.45) is 0 Å². The molecule has 2 N–H and O–H groups in total. The number of H-pyrrole nitrogens is 1. The summed E-state index contributed by atoms with van der Waals surface area (Å²) in [4.78, 5) is 29.6. The molecular weight excluding hydrogens is 458 g/mol. The number of hydrogen-bond acceptors (Lipinski definition) is 6. The number of aromatic nitrogens is 7. The third-order valence-corrected chi connectivity index (χ3v) is 5.94. The molecule has 0 bridgehead atoms. The number of aryl methyl sites for hydroxylation is 1. The smallest absolute Gasteiger partial charge is 0.337 e. The van der Waals surface area contributed by atoms with Crippen molar-refractivity contribution in [2.45, 2.75) is 26.3 Å². The summed E-state index contributed by atoms with van der Waals surface area (Å²) in [6, 6.07) is 18.1. The number of aromatic amines is 1. The van der Waals surface area contributed by atoms with E-state index >= 15 is 0 Å². The first-order chi connectivity index (χ1) is 17.6. The van der Waals surface area contributed by atoms with E-state index in [1.54, 1.807) is 35.2 Å². The Balaban J connectivity index is 1.49. The number of pyridine rings is 1. The van der Waals surface area contributed by atoms with E-state index in [0.717, 1.165) is 34.5 Å². The Morgan fingerprint density at radius 3 is 2.58 bits per heavy atom. The van der Waals surface area contributed by atoms with Crippen molar-refractivity contribution in [1.82, 2.24) is 34.7 Å². The summed E-state index contributed by atoms with van der Waals surface area (Å²) < 4.78 is 3.12. The molecule has 3 heterocycles. The molecule has 0 aliphatic rings. The first-order valence-corrected chi connectivity index (χ1v) is 11.5. The van der Waals surface area contributed by atoms with Crippen LogP contribution in [0.2, 0.25) is 0 Å². The van der Waals surface area contributed by atoms with Crippen LogP contribution in [0.3, 0.4) is 0 Å². The van der Waals surface area contributed by atoms with E-state index in [2.05, 4.69) is 25.6 Å². The second kappa shape index (κ2) is 9.79. The number of imidazole rings is 1. The molecular formula is C26H23N7O3. The lowest BCUT2D eigenvalue weighted by Gasteiger charge is -2.09. The molecule has 10 heteroatoms. The number of nitrogens with one attached hydrogen (secondary N) is 1.